The van der Waals surface area contributed by atoms with Gasteiger partial charge in [-0.25, -0.2) is 4.98 Å². The highest BCUT2D eigenvalue weighted by Crippen LogP contribution is 2.38. The van der Waals surface area contributed by atoms with E-state index in [4.69, 9.17) is 9.97 Å². The largest absolute Gasteiger partial charge is 0.309 e. The quantitative estimate of drug-likeness (QED) is 0.164. The van der Waals surface area contributed by atoms with Gasteiger partial charge in [-0.1, -0.05) is 176 Å². The average Bonchev–Trinajstić information content (AvgIpc) is 3.65. The fourth-order valence-electron chi connectivity index (χ4n) is 9.15. The third kappa shape index (κ3) is 5.44. The number of fused-ring (bicyclic) bond motifs is 10. The summed E-state index contributed by atoms with van der Waals surface area (Å²) in [5, 5.41) is 9.65. The summed E-state index contributed by atoms with van der Waals surface area (Å²) in [4.78, 5) is 10.2. The van der Waals surface area contributed by atoms with Crippen LogP contribution in [0.3, 0.4) is 0 Å². The topological polar surface area (TPSA) is 30.7 Å². The highest BCUT2D eigenvalue weighted by atomic mass is 15.0. The fraction of sp³-hybridized carbons (Fsp3) is 0. The molecule has 3 heteroatoms. The molecule has 2 heterocycles. The van der Waals surface area contributed by atoms with Crippen molar-refractivity contribution in [2.75, 3.05) is 0 Å². The summed E-state index contributed by atoms with van der Waals surface area (Å²) >= 11 is 0. The van der Waals surface area contributed by atoms with Crippen molar-refractivity contribution in [2.24, 2.45) is 0 Å². The lowest BCUT2D eigenvalue weighted by atomic mass is 9.96. The van der Waals surface area contributed by atoms with E-state index in [2.05, 4.69) is 211 Å². The molecular formula is C56H35N3. The van der Waals surface area contributed by atoms with Gasteiger partial charge in [0.05, 0.1) is 39.6 Å². The normalized spacial score (nSPS) is 11.7. The summed E-state index contributed by atoms with van der Waals surface area (Å²) < 4.78 is 2.42. The zero-order valence-electron chi connectivity index (χ0n) is 32.0. The van der Waals surface area contributed by atoms with Gasteiger partial charge in [-0.05, 0) is 79.9 Å². The fourth-order valence-corrected chi connectivity index (χ4v) is 9.15. The van der Waals surface area contributed by atoms with Crippen LogP contribution >= 0.6 is 0 Å². The molecule has 0 atom stereocenters. The molecule has 0 radical (unpaired) electrons. The lowest BCUT2D eigenvalue weighted by Crippen LogP contribution is -1.95. The molecule has 0 spiro atoms. The van der Waals surface area contributed by atoms with E-state index in [0.717, 1.165) is 44.2 Å². The molecule has 0 aliphatic rings. The molecule has 2 aromatic heterocycles. The molecule has 0 aliphatic carbocycles. The van der Waals surface area contributed by atoms with Gasteiger partial charge in [0.25, 0.3) is 0 Å². The third-order valence-electron chi connectivity index (χ3n) is 12.0. The Labute approximate surface area is 341 Å². The van der Waals surface area contributed by atoms with E-state index in [0.29, 0.717) is 0 Å². The van der Waals surface area contributed by atoms with Crippen molar-refractivity contribution in [3.8, 4) is 50.3 Å². The van der Waals surface area contributed by atoms with Gasteiger partial charge in [0, 0.05) is 32.5 Å². The minimum Gasteiger partial charge on any atom is -0.309 e. The summed E-state index contributed by atoms with van der Waals surface area (Å²) in [7, 11) is 0. The van der Waals surface area contributed by atoms with Crippen LogP contribution < -0.4 is 0 Å². The van der Waals surface area contributed by atoms with Crippen molar-refractivity contribution in [3.63, 3.8) is 0 Å². The van der Waals surface area contributed by atoms with Crippen LogP contribution in [0.2, 0.25) is 0 Å². The van der Waals surface area contributed by atoms with Crippen molar-refractivity contribution in [1.29, 1.82) is 0 Å². The Kier molecular flexibility index (Phi) is 7.54. The Morgan fingerprint density at radius 1 is 0.305 bits per heavy atom. The zero-order chi connectivity index (χ0) is 38.9. The van der Waals surface area contributed by atoms with Crippen LogP contribution in [-0.2, 0) is 0 Å². The highest BCUT2D eigenvalue weighted by Gasteiger charge is 2.16. The molecule has 0 bridgehead atoms. The van der Waals surface area contributed by atoms with E-state index < -0.39 is 0 Å². The van der Waals surface area contributed by atoms with Gasteiger partial charge in [-0.15, -0.1) is 0 Å². The summed E-state index contributed by atoms with van der Waals surface area (Å²) in [6.45, 7) is 0. The Hall–Kier alpha value is -7.88. The molecule has 10 aromatic carbocycles. The molecule has 0 unspecified atom stereocenters. The SMILES string of the molecule is c1cc(-c2ccc(-c3ccc(-c4ccc5c(c4)c4ccccc4n5-c4cccc5ccccc45)cc3)cc2)cc(-c2cnc3c4ccccc4c4ccccc4c3n2)c1. The van der Waals surface area contributed by atoms with Crippen molar-refractivity contribution < 1.29 is 0 Å². The van der Waals surface area contributed by atoms with Crippen LogP contribution in [-0.4, -0.2) is 14.5 Å². The molecule has 3 nitrogen and oxygen atoms in total. The maximum Gasteiger partial charge on any atom is 0.0979 e. The van der Waals surface area contributed by atoms with E-state index in [1.165, 1.54) is 71.3 Å². The summed E-state index contributed by atoms with van der Waals surface area (Å²) in [5.41, 5.74) is 14.5. The lowest BCUT2D eigenvalue weighted by Gasteiger charge is -2.12. The van der Waals surface area contributed by atoms with Crippen molar-refractivity contribution in [3.05, 3.63) is 212 Å². The predicted octanol–water partition coefficient (Wildman–Crippen LogP) is 14.9. The predicted molar refractivity (Wildman–Crippen MR) is 248 cm³/mol. The van der Waals surface area contributed by atoms with Crippen molar-refractivity contribution in [1.82, 2.24) is 14.5 Å². The first-order valence-corrected chi connectivity index (χ1v) is 20.1. The lowest BCUT2D eigenvalue weighted by molar-refractivity contribution is 1.20. The second-order valence-electron chi connectivity index (χ2n) is 15.4. The molecule has 0 saturated heterocycles. The minimum atomic E-state index is 0.867. The van der Waals surface area contributed by atoms with Gasteiger partial charge >= 0.3 is 0 Å². The smallest absolute Gasteiger partial charge is 0.0979 e. The summed E-state index contributed by atoms with van der Waals surface area (Å²) in [6.07, 6.45) is 1.91. The first kappa shape index (κ1) is 33.3. The van der Waals surface area contributed by atoms with Crippen LogP contribution in [0, 0.1) is 0 Å². The van der Waals surface area contributed by atoms with E-state index in [9.17, 15) is 0 Å². The maximum atomic E-state index is 5.23. The molecule has 274 valence electrons. The van der Waals surface area contributed by atoms with Crippen molar-refractivity contribution in [2.45, 2.75) is 0 Å². The molecule has 0 fully saturated rings. The average molecular weight is 750 g/mol. The molecule has 0 N–H and O–H groups in total. The minimum absolute atomic E-state index is 0.867. The Bertz CT molecular complexity index is 3560. The zero-order valence-corrected chi connectivity index (χ0v) is 32.0. The molecular weight excluding hydrogens is 715 g/mol. The molecule has 0 saturated carbocycles. The van der Waals surface area contributed by atoms with E-state index >= 15 is 0 Å². The Balaban J connectivity index is 0.845. The van der Waals surface area contributed by atoms with Crippen molar-refractivity contribution >= 4 is 65.2 Å². The highest BCUT2D eigenvalue weighted by molar-refractivity contribution is 6.23. The van der Waals surface area contributed by atoms with Gasteiger partial charge < -0.3 is 4.57 Å². The number of rotatable bonds is 5. The van der Waals surface area contributed by atoms with Crippen LogP contribution in [0.5, 0.6) is 0 Å². The van der Waals surface area contributed by atoms with Gasteiger partial charge in [-0.2, -0.15) is 0 Å². The molecule has 0 amide bonds. The Morgan fingerprint density at radius 3 is 1.51 bits per heavy atom. The van der Waals surface area contributed by atoms with Crippen LogP contribution in [0.1, 0.15) is 0 Å². The van der Waals surface area contributed by atoms with Gasteiger partial charge in [0.15, 0.2) is 0 Å². The van der Waals surface area contributed by atoms with Crippen LogP contribution in [0.4, 0.5) is 0 Å². The number of hydrogen-bond donors (Lipinski definition) is 0. The number of aromatic nitrogens is 3. The maximum absolute atomic E-state index is 5.23. The first-order chi connectivity index (χ1) is 29.2. The van der Waals surface area contributed by atoms with E-state index in [-0.39, 0.29) is 0 Å². The van der Waals surface area contributed by atoms with Crippen LogP contribution in [0.25, 0.3) is 115 Å². The molecule has 12 rings (SSSR count). The van der Waals surface area contributed by atoms with Gasteiger partial charge in [-0.3, -0.25) is 4.98 Å². The number of benzene rings is 10. The molecule has 0 aliphatic heterocycles. The number of para-hydroxylation sites is 1. The number of nitrogens with zero attached hydrogens (tertiary/aromatic N) is 3. The van der Waals surface area contributed by atoms with Crippen LogP contribution in [0.15, 0.2) is 212 Å². The summed E-state index contributed by atoms with van der Waals surface area (Å²) in [6, 6.07) is 74.3. The standard InChI is InChI=1S/C56H35N3/c1-2-15-44-40(11-1)12-10-22-52(44)59-53-21-8-7-18-47(53)50-34-42(31-32-54(50)59)39-29-25-37(26-30-39)36-23-27-38(28-24-36)41-13-9-14-43(33-41)51-35-57-55-48-19-5-3-16-45(48)46-17-4-6-20-49(46)56(55)58-51/h1-35H. The van der Waals surface area contributed by atoms with E-state index in [1.54, 1.807) is 0 Å². The van der Waals surface area contributed by atoms with Gasteiger partial charge in [0.1, 0.15) is 0 Å². The number of hydrogen-bond acceptors (Lipinski definition) is 2. The van der Waals surface area contributed by atoms with E-state index in [1.807, 2.05) is 6.20 Å². The van der Waals surface area contributed by atoms with Gasteiger partial charge in [0.2, 0.25) is 0 Å². The molecule has 59 heavy (non-hydrogen) atoms. The molecule has 12 aromatic rings. The monoisotopic (exact) mass is 749 g/mol. The first-order valence-electron chi connectivity index (χ1n) is 20.1. The summed E-state index contributed by atoms with van der Waals surface area (Å²) in [5.74, 6) is 0. The Morgan fingerprint density at radius 2 is 0.797 bits per heavy atom. The second-order valence-corrected chi connectivity index (χ2v) is 15.4. The second kappa shape index (κ2) is 13.4. The third-order valence-corrected chi connectivity index (χ3v) is 12.0.